The second-order valence-electron chi connectivity index (χ2n) is 7.07. The number of hydrogen-bond donors (Lipinski definition) is 3. The zero-order chi connectivity index (χ0) is 26.7. The van der Waals surface area contributed by atoms with E-state index >= 15 is 0 Å². The Morgan fingerprint density at radius 3 is 2.61 bits per heavy atom. The Bertz CT molecular complexity index is 1300. The van der Waals surface area contributed by atoms with Crippen molar-refractivity contribution in [3.05, 3.63) is 43.8 Å². The van der Waals surface area contributed by atoms with Crippen LogP contribution in [0.5, 0.6) is 0 Å². The number of nitrogens with one attached hydrogen (secondary N) is 3. The van der Waals surface area contributed by atoms with Gasteiger partial charge in [-0.15, -0.1) is 11.3 Å². The van der Waals surface area contributed by atoms with Crippen molar-refractivity contribution in [3.63, 3.8) is 0 Å². The molecule has 194 valence electrons. The van der Waals surface area contributed by atoms with Crippen LogP contribution in [0, 0.1) is 11.3 Å². The highest BCUT2D eigenvalue weighted by Crippen LogP contribution is 2.15. The Morgan fingerprint density at radius 1 is 1.25 bits per heavy atom. The molecule has 0 atom stereocenters. The predicted molar refractivity (Wildman–Crippen MR) is 127 cm³/mol. The summed E-state index contributed by atoms with van der Waals surface area (Å²) in [4.78, 5) is 36.9. The van der Waals surface area contributed by atoms with Crippen LogP contribution in [-0.2, 0) is 25.6 Å². The van der Waals surface area contributed by atoms with Gasteiger partial charge in [0.1, 0.15) is 28.4 Å². The molecule has 0 fully saturated rings. The molecule has 0 aliphatic heterocycles. The SMILES string of the molecule is CCn1c(=C(C#N)C(=O)NCC(F)(F)F)sc(=CNc2cccc(NC(=O)COCCOC)c2)c1=O. The third-order valence-electron chi connectivity index (χ3n) is 4.41. The molecule has 1 heterocycles. The second-order valence-corrected chi connectivity index (χ2v) is 8.10. The van der Waals surface area contributed by atoms with Crippen molar-refractivity contribution in [2.45, 2.75) is 19.6 Å². The first-order valence-corrected chi connectivity index (χ1v) is 11.3. The number of aromatic nitrogens is 1. The van der Waals surface area contributed by atoms with Crippen LogP contribution in [0.15, 0.2) is 29.1 Å². The number of thiazole rings is 1. The maximum absolute atomic E-state index is 12.7. The van der Waals surface area contributed by atoms with Crippen molar-refractivity contribution in [1.29, 1.82) is 5.26 Å². The molecule has 0 saturated carbocycles. The average Bonchev–Trinajstić information content (AvgIpc) is 3.14. The van der Waals surface area contributed by atoms with E-state index in [1.807, 2.05) is 0 Å². The number of halogens is 3. The number of amides is 2. The summed E-state index contributed by atoms with van der Waals surface area (Å²) in [6, 6.07) is 8.18. The molecule has 1 aromatic carbocycles. The molecule has 0 spiro atoms. The number of rotatable bonds is 11. The lowest BCUT2D eigenvalue weighted by Crippen LogP contribution is -2.37. The van der Waals surface area contributed by atoms with Crippen LogP contribution >= 0.6 is 11.3 Å². The summed E-state index contributed by atoms with van der Waals surface area (Å²) in [5.74, 6) is -1.60. The number of nitriles is 1. The normalized spacial score (nSPS) is 12.6. The molecule has 0 bridgehead atoms. The van der Waals surface area contributed by atoms with Gasteiger partial charge in [0.2, 0.25) is 5.91 Å². The first-order chi connectivity index (χ1) is 17.1. The number of carbonyl (C=O) groups excluding carboxylic acids is 2. The Hall–Kier alpha value is -3.67. The summed E-state index contributed by atoms with van der Waals surface area (Å²) < 4.78 is 48.5. The highest BCUT2D eigenvalue weighted by Gasteiger charge is 2.28. The lowest BCUT2D eigenvalue weighted by atomic mass is 10.2. The number of anilines is 2. The van der Waals surface area contributed by atoms with Crippen molar-refractivity contribution >= 4 is 46.3 Å². The van der Waals surface area contributed by atoms with Crippen LogP contribution in [0.4, 0.5) is 24.5 Å². The van der Waals surface area contributed by atoms with Gasteiger partial charge < -0.3 is 25.4 Å². The molecule has 0 unspecified atom stereocenters. The molecule has 36 heavy (non-hydrogen) atoms. The largest absolute Gasteiger partial charge is 0.405 e. The van der Waals surface area contributed by atoms with Gasteiger partial charge in [-0.05, 0) is 25.1 Å². The summed E-state index contributed by atoms with van der Waals surface area (Å²) in [5, 5.41) is 16.6. The van der Waals surface area contributed by atoms with Gasteiger partial charge in [-0.3, -0.25) is 19.0 Å². The smallest absolute Gasteiger partial charge is 0.382 e. The Kier molecular flexibility index (Phi) is 10.7. The monoisotopic (exact) mass is 527 g/mol. The van der Waals surface area contributed by atoms with Gasteiger partial charge in [0.25, 0.3) is 11.5 Å². The highest BCUT2D eigenvalue weighted by atomic mass is 32.1. The lowest BCUT2D eigenvalue weighted by molar-refractivity contribution is -0.135. The van der Waals surface area contributed by atoms with Crippen LogP contribution in [0.3, 0.4) is 0 Å². The number of alkyl halides is 3. The first kappa shape index (κ1) is 28.6. The molecule has 14 heteroatoms. The van der Waals surface area contributed by atoms with E-state index in [1.54, 1.807) is 42.6 Å². The molecule has 0 aliphatic carbocycles. The minimum absolute atomic E-state index is 0.0628. The number of methoxy groups -OCH3 is 1. The van der Waals surface area contributed by atoms with Crippen molar-refractivity contribution in [2.24, 2.45) is 0 Å². The molecule has 10 nitrogen and oxygen atoms in total. The van der Waals surface area contributed by atoms with Gasteiger partial charge in [-0.2, -0.15) is 18.4 Å². The molecule has 0 radical (unpaired) electrons. The minimum Gasteiger partial charge on any atom is -0.382 e. The standard InChI is InChI=1S/C22H24F3N5O5S/c1-3-30-20(33)17(36-21(30)16(10-26)19(32)28-13-22(23,24)25)11-27-14-5-4-6-15(9-14)29-18(31)12-35-8-7-34-2/h4-6,9,11,27H,3,7-8,12-13H2,1-2H3,(H,28,32)(H,29,31). The zero-order valence-corrected chi connectivity index (χ0v) is 20.2. The summed E-state index contributed by atoms with van der Waals surface area (Å²) in [6.07, 6.45) is -3.30. The van der Waals surface area contributed by atoms with E-state index in [-0.39, 0.29) is 34.9 Å². The summed E-state index contributed by atoms with van der Waals surface area (Å²) in [5.41, 5.74) is -0.148. The van der Waals surface area contributed by atoms with E-state index in [1.165, 1.54) is 13.3 Å². The topological polar surface area (TPSA) is 134 Å². The van der Waals surface area contributed by atoms with Gasteiger partial charge in [-0.25, -0.2) is 0 Å². The number of hydrogen-bond acceptors (Lipinski definition) is 8. The van der Waals surface area contributed by atoms with Gasteiger partial charge in [0, 0.05) is 31.2 Å². The van der Waals surface area contributed by atoms with Crippen molar-refractivity contribution in [3.8, 4) is 6.07 Å². The van der Waals surface area contributed by atoms with Crippen molar-refractivity contribution < 1.29 is 32.2 Å². The van der Waals surface area contributed by atoms with Crippen molar-refractivity contribution in [1.82, 2.24) is 9.88 Å². The third-order valence-corrected chi connectivity index (χ3v) is 5.54. The summed E-state index contributed by atoms with van der Waals surface area (Å²) in [7, 11) is 1.52. The van der Waals surface area contributed by atoms with Crippen LogP contribution in [0.1, 0.15) is 6.92 Å². The van der Waals surface area contributed by atoms with E-state index in [4.69, 9.17) is 9.47 Å². The number of nitrogens with zero attached hydrogens (tertiary/aromatic N) is 2. The Labute approximate surface area is 207 Å². The summed E-state index contributed by atoms with van der Waals surface area (Å²) >= 11 is 0.786. The van der Waals surface area contributed by atoms with Crippen LogP contribution in [-0.4, -0.2) is 56.0 Å². The number of ether oxygens (including phenoxy) is 2. The van der Waals surface area contributed by atoms with E-state index in [0.29, 0.717) is 18.0 Å². The van der Waals surface area contributed by atoms with Crippen LogP contribution < -0.4 is 30.7 Å². The van der Waals surface area contributed by atoms with E-state index < -0.39 is 29.8 Å². The molecule has 1 aromatic heterocycles. The molecule has 2 aromatic rings. The second kappa shape index (κ2) is 13.4. The van der Waals surface area contributed by atoms with Gasteiger partial charge in [0.05, 0.1) is 13.2 Å². The fourth-order valence-electron chi connectivity index (χ4n) is 2.80. The molecule has 0 saturated heterocycles. The first-order valence-electron chi connectivity index (χ1n) is 10.5. The highest BCUT2D eigenvalue weighted by molar-refractivity contribution is 7.07. The van der Waals surface area contributed by atoms with E-state index in [2.05, 4.69) is 10.6 Å². The lowest BCUT2D eigenvalue weighted by Gasteiger charge is -2.08. The molecule has 2 amide bonds. The van der Waals surface area contributed by atoms with Gasteiger partial charge in [0.15, 0.2) is 5.57 Å². The maximum atomic E-state index is 12.7. The third kappa shape index (κ3) is 8.52. The predicted octanol–water partition coefficient (Wildman–Crippen LogP) is 0.734. The molecule has 3 N–H and O–H groups in total. The fraction of sp³-hybridized carbons (Fsp3) is 0.364. The minimum atomic E-state index is -4.65. The molecule has 0 aliphatic rings. The maximum Gasteiger partial charge on any atom is 0.405 e. The van der Waals surface area contributed by atoms with E-state index in [9.17, 15) is 32.8 Å². The zero-order valence-electron chi connectivity index (χ0n) is 19.4. The Morgan fingerprint density at radius 2 is 1.97 bits per heavy atom. The Balaban J connectivity index is 2.26. The quantitative estimate of drug-likeness (QED) is 0.367. The molecular weight excluding hydrogens is 503 g/mol. The van der Waals surface area contributed by atoms with Crippen LogP contribution in [0.25, 0.3) is 11.8 Å². The van der Waals surface area contributed by atoms with Crippen LogP contribution in [0.2, 0.25) is 0 Å². The van der Waals surface area contributed by atoms with Gasteiger partial charge >= 0.3 is 6.18 Å². The summed E-state index contributed by atoms with van der Waals surface area (Å²) in [6.45, 7) is 0.556. The molecular formula is C22H24F3N5O5S. The van der Waals surface area contributed by atoms with Gasteiger partial charge in [-0.1, -0.05) is 6.07 Å². The number of carbonyl (C=O) groups is 2. The average molecular weight is 528 g/mol. The molecule has 2 rings (SSSR count). The number of benzene rings is 1. The van der Waals surface area contributed by atoms with Crippen molar-refractivity contribution in [2.75, 3.05) is 44.1 Å². The fourth-order valence-corrected chi connectivity index (χ4v) is 3.88. The van der Waals surface area contributed by atoms with E-state index in [0.717, 1.165) is 15.9 Å².